The van der Waals surface area contributed by atoms with Crippen molar-refractivity contribution in [3.05, 3.63) is 106 Å². The highest BCUT2D eigenvalue weighted by molar-refractivity contribution is 6.30. The van der Waals surface area contributed by atoms with Gasteiger partial charge >= 0.3 is 0 Å². The maximum atomic E-state index is 14.8. The number of nitrogens with zero attached hydrogens (tertiary/aromatic N) is 1. The molecule has 33 heavy (non-hydrogen) atoms. The van der Waals surface area contributed by atoms with Crippen LogP contribution >= 0.6 is 11.6 Å². The Balaban J connectivity index is 1.49. The van der Waals surface area contributed by atoms with Crippen LogP contribution < -0.4 is 16.2 Å². The first-order chi connectivity index (χ1) is 15.8. The largest absolute Gasteiger partial charge is 0.348 e. The third-order valence-corrected chi connectivity index (χ3v) is 5.82. The molecule has 1 fully saturated rings. The SMILES string of the molecule is C=C1C[C@H](NC(=O)c2ccc(-n3ccccc3=O)cc2F)[C@@H](C(=O)Nc2ccc(Cl)cc2)C1. The normalized spacial score (nSPS) is 17.6. The van der Waals surface area contributed by atoms with Gasteiger partial charge in [-0.05, 0) is 61.4 Å². The predicted octanol–water partition coefficient (Wildman–Crippen LogP) is 4.33. The fourth-order valence-corrected chi connectivity index (χ4v) is 4.04. The summed E-state index contributed by atoms with van der Waals surface area (Å²) in [6.07, 6.45) is 2.36. The summed E-state index contributed by atoms with van der Waals surface area (Å²) in [7, 11) is 0. The smallest absolute Gasteiger partial charge is 0.255 e. The monoisotopic (exact) mass is 465 g/mol. The van der Waals surface area contributed by atoms with Crippen molar-refractivity contribution >= 4 is 29.1 Å². The van der Waals surface area contributed by atoms with Gasteiger partial charge in [-0.15, -0.1) is 0 Å². The maximum absolute atomic E-state index is 14.8. The molecule has 0 aliphatic heterocycles. The summed E-state index contributed by atoms with van der Waals surface area (Å²) in [6.45, 7) is 3.95. The average molecular weight is 466 g/mol. The Labute approximate surface area is 194 Å². The molecule has 2 amide bonds. The van der Waals surface area contributed by atoms with Crippen molar-refractivity contribution in [1.29, 1.82) is 0 Å². The number of anilines is 1. The van der Waals surface area contributed by atoms with Crippen LogP contribution in [-0.2, 0) is 4.79 Å². The fraction of sp³-hybridized carbons (Fsp3) is 0.160. The van der Waals surface area contributed by atoms with E-state index in [4.69, 9.17) is 11.6 Å². The molecule has 0 spiro atoms. The lowest BCUT2D eigenvalue weighted by atomic mass is 10.0. The Bertz CT molecular complexity index is 1290. The zero-order valence-electron chi connectivity index (χ0n) is 17.6. The molecule has 0 unspecified atom stereocenters. The summed E-state index contributed by atoms with van der Waals surface area (Å²) in [6, 6.07) is 14.7. The molecule has 1 aliphatic rings. The van der Waals surface area contributed by atoms with E-state index < -0.39 is 23.7 Å². The Morgan fingerprint density at radius 2 is 1.82 bits per heavy atom. The average Bonchev–Trinajstić information content (AvgIpc) is 3.15. The first-order valence-electron chi connectivity index (χ1n) is 10.3. The van der Waals surface area contributed by atoms with E-state index >= 15 is 0 Å². The summed E-state index contributed by atoms with van der Waals surface area (Å²) < 4.78 is 16.0. The zero-order valence-corrected chi connectivity index (χ0v) is 18.3. The van der Waals surface area contributed by atoms with Crippen molar-refractivity contribution in [2.75, 3.05) is 5.32 Å². The number of aromatic nitrogens is 1. The van der Waals surface area contributed by atoms with Crippen molar-refractivity contribution in [3.63, 3.8) is 0 Å². The number of hydrogen-bond donors (Lipinski definition) is 2. The number of rotatable bonds is 5. The van der Waals surface area contributed by atoms with Gasteiger partial charge in [0.1, 0.15) is 5.82 Å². The van der Waals surface area contributed by atoms with E-state index in [9.17, 15) is 18.8 Å². The van der Waals surface area contributed by atoms with Gasteiger partial charge in [0.05, 0.1) is 17.2 Å². The summed E-state index contributed by atoms with van der Waals surface area (Å²) in [4.78, 5) is 37.6. The first-order valence-corrected chi connectivity index (χ1v) is 10.7. The van der Waals surface area contributed by atoms with Crippen LogP contribution in [-0.4, -0.2) is 22.4 Å². The fourth-order valence-electron chi connectivity index (χ4n) is 3.91. The van der Waals surface area contributed by atoms with E-state index in [1.165, 1.54) is 29.0 Å². The van der Waals surface area contributed by atoms with Crippen molar-refractivity contribution in [3.8, 4) is 5.69 Å². The van der Waals surface area contributed by atoms with Gasteiger partial charge < -0.3 is 10.6 Å². The number of carbonyl (C=O) groups is 2. The van der Waals surface area contributed by atoms with E-state index in [2.05, 4.69) is 17.2 Å². The van der Waals surface area contributed by atoms with Gasteiger partial charge in [-0.1, -0.05) is 29.8 Å². The molecule has 2 N–H and O–H groups in total. The van der Waals surface area contributed by atoms with Gasteiger partial charge in [-0.25, -0.2) is 4.39 Å². The molecule has 1 heterocycles. The van der Waals surface area contributed by atoms with Crippen LogP contribution in [0.2, 0.25) is 5.02 Å². The number of benzene rings is 2. The van der Waals surface area contributed by atoms with Crippen molar-refractivity contribution in [2.24, 2.45) is 5.92 Å². The second-order valence-corrected chi connectivity index (χ2v) is 8.35. The molecule has 2 aromatic carbocycles. The van der Waals surface area contributed by atoms with E-state index in [0.717, 1.165) is 11.6 Å². The molecule has 1 aromatic heterocycles. The second kappa shape index (κ2) is 9.42. The van der Waals surface area contributed by atoms with Gasteiger partial charge in [0, 0.05) is 29.0 Å². The van der Waals surface area contributed by atoms with Gasteiger partial charge in [0.15, 0.2) is 0 Å². The molecule has 1 saturated carbocycles. The summed E-state index contributed by atoms with van der Waals surface area (Å²) >= 11 is 5.88. The molecule has 4 rings (SSSR count). The van der Waals surface area contributed by atoms with Crippen molar-refractivity contribution < 1.29 is 14.0 Å². The second-order valence-electron chi connectivity index (χ2n) is 7.91. The molecule has 0 saturated heterocycles. The number of halogens is 2. The lowest BCUT2D eigenvalue weighted by Crippen LogP contribution is -2.42. The standard InChI is InChI=1S/C25H21ClFN3O3/c1-15-12-20(25(33)28-17-7-5-16(26)6-8-17)22(13-15)29-24(32)19-10-9-18(14-21(19)27)30-11-3-2-4-23(30)31/h2-11,14,20,22H,1,12-13H2,(H,28,33)(H,29,32)/t20-,22-/m0/s1. The van der Waals surface area contributed by atoms with Crippen LogP contribution in [0.5, 0.6) is 0 Å². The van der Waals surface area contributed by atoms with Gasteiger partial charge in [0.25, 0.3) is 11.5 Å². The molecular weight excluding hydrogens is 445 g/mol. The Hall–Kier alpha value is -3.71. The molecule has 168 valence electrons. The molecule has 2 atom stereocenters. The van der Waals surface area contributed by atoms with Gasteiger partial charge in [0.2, 0.25) is 5.91 Å². The molecule has 8 heteroatoms. The highest BCUT2D eigenvalue weighted by Crippen LogP contribution is 2.31. The molecule has 6 nitrogen and oxygen atoms in total. The molecule has 3 aromatic rings. The van der Waals surface area contributed by atoms with Crippen LogP contribution in [0, 0.1) is 11.7 Å². The minimum Gasteiger partial charge on any atom is -0.348 e. The first kappa shape index (κ1) is 22.5. The Kier molecular flexibility index (Phi) is 6.42. The summed E-state index contributed by atoms with van der Waals surface area (Å²) in [5.41, 5.74) is 1.25. The van der Waals surface area contributed by atoms with Crippen LogP contribution in [0.1, 0.15) is 23.2 Å². The minimum atomic E-state index is -0.764. The topological polar surface area (TPSA) is 80.2 Å². The lowest BCUT2D eigenvalue weighted by molar-refractivity contribution is -0.120. The van der Waals surface area contributed by atoms with Crippen molar-refractivity contribution in [2.45, 2.75) is 18.9 Å². The van der Waals surface area contributed by atoms with Crippen molar-refractivity contribution in [1.82, 2.24) is 9.88 Å². The molecule has 1 aliphatic carbocycles. The highest BCUT2D eigenvalue weighted by Gasteiger charge is 2.36. The van der Waals surface area contributed by atoms with Gasteiger partial charge in [-0.2, -0.15) is 0 Å². The zero-order chi connectivity index (χ0) is 23.5. The molecule has 0 radical (unpaired) electrons. The lowest BCUT2D eigenvalue weighted by Gasteiger charge is -2.20. The number of carbonyl (C=O) groups excluding carboxylic acids is 2. The third kappa shape index (κ3) is 5.04. The number of amides is 2. The summed E-state index contributed by atoms with van der Waals surface area (Å²) in [5.74, 6) is -2.20. The predicted molar refractivity (Wildman–Crippen MR) is 125 cm³/mol. The number of nitrogens with one attached hydrogen (secondary N) is 2. The molecular formula is C25H21ClFN3O3. The highest BCUT2D eigenvalue weighted by atomic mass is 35.5. The van der Waals surface area contributed by atoms with E-state index in [-0.39, 0.29) is 17.0 Å². The van der Waals surface area contributed by atoms with Crippen LogP contribution in [0.25, 0.3) is 5.69 Å². The number of pyridine rings is 1. The van der Waals surface area contributed by atoms with Gasteiger partial charge in [-0.3, -0.25) is 19.0 Å². The quantitative estimate of drug-likeness (QED) is 0.550. The summed E-state index contributed by atoms with van der Waals surface area (Å²) in [5, 5.41) is 6.15. The minimum absolute atomic E-state index is 0.169. The van der Waals surface area contributed by atoms with E-state index in [0.29, 0.717) is 29.2 Å². The van der Waals surface area contributed by atoms with Crippen LogP contribution in [0.3, 0.4) is 0 Å². The Morgan fingerprint density at radius 1 is 1.06 bits per heavy atom. The van der Waals surface area contributed by atoms with E-state index in [1.54, 1.807) is 36.4 Å². The number of hydrogen-bond acceptors (Lipinski definition) is 3. The maximum Gasteiger partial charge on any atom is 0.255 e. The van der Waals surface area contributed by atoms with Crippen LogP contribution in [0.15, 0.2) is 83.8 Å². The molecule has 0 bridgehead atoms. The van der Waals surface area contributed by atoms with Crippen LogP contribution in [0.4, 0.5) is 10.1 Å². The van der Waals surface area contributed by atoms with E-state index in [1.807, 2.05) is 0 Å². The Morgan fingerprint density at radius 3 is 2.52 bits per heavy atom. The third-order valence-electron chi connectivity index (χ3n) is 5.57.